The van der Waals surface area contributed by atoms with Gasteiger partial charge in [-0.3, -0.25) is 13.9 Å². The third kappa shape index (κ3) is 8.23. The smallest absolute Gasteiger partial charge is 0.264 e. The Kier molecular flexibility index (Phi) is 11.2. The summed E-state index contributed by atoms with van der Waals surface area (Å²) in [6.07, 6.45) is 0.496. The Balaban J connectivity index is 2.01. The molecule has 0 spiro atoms. The summed E-state index contributed by atoms with van der Waals surface area (Å²) >= 11 is 0. The van der Waals surface area contributed by atoms with Gasteiger partial charge in [0.2, 0.25) is 11.8 Å². The predicted molar refractivity (Wildman–Crippen MR) is 160 cm³/mol. The van der Waals surface area contributed by atoms with Crippen LogP contribution in [0.5, 0.6) is 11.5 Å². The molecule has 3 aromatic rings. The number of sulfonamides is 1. The van der Waals surface area contributed by atoms with Gasteiger partial charge in [-0.15, -0.1) is 0 Å². The number of ether oxygens (including phenoxy) is 2. The van der Waals surface area contributed by atoms with Gasteiger partial charge in [-0.2, -0.15) is 0 Å². The fourth-order valence-electron chi connectivity index (χ4n) is 4.25. The Morgan fingerprint density at radius 1 is 0.854 bits per heavy atom. The molecule has 0 radical (unpaired) electrons. The van der Waals surface area contributed by atoms with Crippen molar-refractivity contribution in [3.8, 4) is 11.5 Å². The molecule has 9 nitrogen and oxygen atoms in total. The van der Waals surface area contributed by atoms with E-state index >= 15 is 0 Å². The Bertz CT molecular complexity index is 1400. The number of methoxy groups -OCH3 is 2. The summed E-state index contributed by atoms with van der Waals surface area (Å²) in [5.74, 6) is 0.148. The second-order valence-corrected chi connectivity index (χ2v) is 11.9. The van der Waals surface area contributed by atoms with Gasteiger partial charge in [-0.25, -0.2) is 8.42 Å². The highest BCUT2D eigenvalue weighted by Crippen LogP contribution is 2.34. The van der Waals surface area contributed by atoms with Crippen LogP contribution in [0.4, 0.5) is 5.69 Å². The molecule has 0 fully saturated rings. The largest absolute Gasteiger partial charge is 0.493 e. The highest BCUT2D eigenvalue weighted by atomic mass is 32.2. The van der Waals surface area contributed by atoms with Gasteiger partial charge in [0.15, 0.2) is 11.5 Å². The van der Waals surface area contributed by atoms with E-state index < -0.39 is 28.5 Å². The molecule has 0 bridgehead atoms. The first-order valence-corrected chi connectivity index (χ1v) is 14.9. The quantitative estimate of drug-likeness (QED) is 0.307. The van der Waals surface area contributed by atoms with E-state index in [9.17, 15) is 18.0 Å². The Morgan fingerprint density at radius 2 is 1.46 bits per heavy atom. The van der Waals surface area contributed by atoms with Crippen molar-refractivity contribution in [3.63, 3.8) is 0 Å². The van der Waals surface area contributed by atoms with Crippen molar-refractivity contribution in [3.05, 3.63) is 84.4 Å². The van der Waals surface area contributed by atoms with E-state index in [-0.39, 0.29) is 29.0 Å². The van der Waals surface area contributed by atoms with E-state index in [1.165, 1.54) is 37.3 Å². The lowest BCUT2D eigenvalue weighted by Crippen LogP contribution is -2.52. The van der Waals surface area contributed by atoms with Crippen molar-refractivity contribution in [1.82, 2.24) is 10.2 Å². The third-order valence-corrected chi connectivity index (χ3v) is 8.39. The summed E-state index contributed by atoms with van der Waals surface area (Å²) in [6, 6.07) is 21.4. The van der Waals surface area contributed by atoms with Gasteiger partial charge >= 0.3 is 0 Å². The first kappa shape index (κ1) is 31.5. The molecule has 0 aromatic heterocycles. The van der Waals surface area contributed by atoms with Crippen molar-refractivity contribution in [2.75, 3.05) is 38.2 Å². The number of carbonyl (C=O) groups is 2. The molecule has 3 aromatic carbocycles. The number of benzene rings is 3. The fourth-order valence-corrected chi connectivity index (χ4v) is 5.68. The van der Waals surface area contributed by atoms with Crippen LogP contribution in [0, 0.1) is 5.92 Å². The van der Waals surface area contributed by atoms with Crippen LogP contribution in [-0.4, -0.2) is 65.0 Å². The zero-order valence-electron chi connectivity index (χ0n) is 24.2. The molecular weight excluding hydrogens is 542 g/mol. The maximum atomic E-state index is 14.0. The number of nitrogens with one attached hydrogen (secondary N) is 1. The summed E-state index contributed by atoms with van der Waals surface area (Å²) in [6.45, 7) is 5.79. The molecule has 1 atom stereocenters. The molecule has 0 unspecified atom stereocenters. The number of anilines is 1. The molecule has 0 aliphatic rings. The topological polar surface area (TPSA) is 105 Å². The first-order valence-electron chi connectivity index (χ1n) is 13.5. The van der Waals surface area contributed by atoms with Crippen molar-refractivity contribution >= 4 is 27.5 Å². The van der Waals surface area contributed by atoms with E-state index in [0.29, 0.717) is 24.5 Å². The van der Waals surface area contributed by atoms with Crippen LogP contribution >= 0.6 is 0 Å². The molecule has 0 saturated carbocycles. The minimum Gasteiger partial charge on any atom is -0.493 e. The minimum atomic E-state index is -4.17. The van der Waals surface area contributed by atoms with E-state index in [1.807, 2.05) is 44.2 Å². The first-order chi connectivity index (χ1) is 19.6. The van der Waals surface area contributed by atoms with Crippen LogP contribution in [0.3, 0.4) is 0 Å². The summed E-state index contributed by atoms with van der Waals surface area (Å²) in [4.78, 5) is 28.5. The van der Waals surface area contributed by atoms with E-state index in [1.54, 1.807) is 37.3 Å². The monoisotopic (exact) mass is 581 g/mol. The molecule has 0 heterocycles. The zero-order chi connectivity index (χ0) is 30.0. The number of hydrogen-bond donors (Lipinski definition) is 1. The number of nitrogens with zero attached hydrogens (tertiary/aromatic N) is 2. The van der Waals surface area contributed by atoms with E-state index in [4.69, 9.17) is 9.47 Å². The minimum absolute atomic E-state index is 0.0288. The molecule has 41 heavy (non-hydrogen) atoms. The maximum absolute atomic E-state index is 14.0. The average molecular weight is 582 g/mol. The lowest BCUT2D eigenvalue weighted by Gasteiger charge is -2.32. The van der Waals surface area contributed by atoms with Crippen molar-refractivity contribution in [1.29, 1.82) is 0 Å². The molecule has 10 heteroatoms. The number of rotatable bonds is 14. The molecule has 220 valence electrons. The SMILES string of the molecule is COc1ccc(N(CC(=O)N(CCc2ccccc2)[C@@H](C)C(=O)NCC(C)C)S(=O)(=O)c2ccccc2)cc1OC. The Labute approximate surface area is 243 Å². The summed E-state index contributed by atoms with van der Waals surface area (Å²) < 4.78 is 39.6. The van der Waals surface area contributed by atoms with Crippen LogP contribution in [0.15, 0.2) is 83.8 Å². The average Bonchev–Trinajstić information content (AvgIpc) is 2.99. The van der Waals surface area contributed by atoms with Crippen LogP contribution in [-0.2, 0) is 26.0 Å². The van der Waals surface area contributed by atoms with Gasteiger partial charge in [0.25, 0.3) is 10.0 Å². The molecule has 0 aliphatic heterocycles. The molecule has 2 amide bonds. The second kappa shape index (κ2) is 14.5. The summed E-state index contributed by atoms with van der Waals surface area (Å²) in [5.41, 5.74) is 1.22. The zero-order valence-corrected chi connectivity index (χ0v) is 25.1. The van der Waals surface area contributed by atoms with Crippen LogP contribution < -0.4 is 19.1 Å². The number of carbonyl (C=O) groups excluding carboxylic acids is 2. The third-order valence-electron chi connectivity index (χ3n) is 6.60. The highest BCUT2D eigenvalue weighted by molar-refractivity contribution is 7.92. The van der Waals surface area contributed by atoms with Gasteiger partial charge in [-0.05, 0) is 49.1 Å². The van der Waals surface area contributed by atoms with Gasteiger partial charge in [0.05, 0.1) is 24.8 Å². The number of hydrogen-bond acceptors (Lipinski definition) is 6. The second-order valence-electron chi connectivity index (χ2n) is 10.0. The van der Waals surface area contributed by atoms with Gasteiger partial charge in [0.1, 0.15) is 12.6 Å². The van der Waals surface area contributed by atoms with E-state index in [0.717, 1.165) is 9.87 Å². The lowest BCUT2D eigenvalue weighted by molar-refractivity contribution is -0.138. The van der Waals surface area contributed by atoms with Gasteiger partial charge in [0, 0.05) is 19.2 Å². The maximum Gasteiger partial charge on any atom is 0.264 e. The molecule has 0 aliphatic carbocycles. The van der Waals surface area contributed by atoms with Crippen molar-refractivity contribution in [2.24, 2.45) is 5.92 Å². The normalized spacial score (nSPS) is 12.0. The molecular formula is C31H39N3O6S. The Hall–Kier alpha value is -4.05. The fraction of sp³-hybridized carbons (Fsp3) is 0.355. The highest BCUT2D eigenvalue weighted by Gasteiger charge is 2.32. The van der Waals surface area contributed by atoms with Gasteiger partial charge in [-0.1, -0.05) is 62.4 Å². The number of amides is 2. The summed E-state index contributed by atoms with van der Waals surface area (Å²) in [5, 5.41) is 2.89. The van der Waals surface area contributed by atoms with E-state index in [2.05, 4.69) is 5.32 Å². The molecule has 0 saturated heterocycles. The van der Waals surface area contributed by atoms with Crippen molar-refractivity contribution < 1.29 is 27.5 Å². The molecule has 3 rings (SSSR count). The van der Waals surface area contributed by atoms with Crippen LogP contribution in [0.25, 0.3) is 0 Å². The van der Waals surface area contributed by atoms with Crippen LogP contribution in [0.1, 0.15) is 26.3 Å². The molecule has 1 N–H and O–H groups in total. The van der Waals surface area contributed by atoms with Crippen LogP contribution in [0.2, 0.25) is 0 Å². The Morgan fingerprint density at radius 3 is 2.05 bits per heavy atom. The predicted octanol–water partition coefficient (Wildman–Crippen LogP) is 4.13. The summed E-state index contributed by atoms with van der Waals surface area (Å²) in [7, 11) is -1.24. The lowest BCUT2D eigenvalue weighted by atomic mass is 10.1. The standard InChI is InChI=1S/C31H39N3O6S/c1-23(2)21-32-31(36)24(3)33(19-18-25-12-8-6-9-13-25)30(35)22-34(41(37,38)27-14-10-7-11-15-27)26-16-17-28(39-4)29(20-26)40-5/h6-17,20,23-24H,18-19,21-22H2,1-5H3,(H,32,36)/t24-/m0/s1. The van der Waals surface area contributed by atoms with Gasteiger partial charge < -0.3 is 19.7 Å². The van der Waals surface area contributed by atoms with Crippen molar-refractivity contribution in [2.45, 2.75) is 38.1 Å².